The second kappa shape index (κ2) is 4.73. The zero-order valence-electron chi connectivity index (χ0n) is 10.4. The highest BCUT2D eigenvalue weighted by atomic mass is 16.5. The minimum atomic E-state index is -1.38. The number of anilines is 1. The normalized spacial score (nSPS) is 13.8. The van der Waals surface area contributed by atoms with Crippen LogP contribution in [0, 0.1) is 0 Å². The number of rotatable bonds is 3. The van der Waals surface area contributed by atoms with Crippen molar-refractivity contribution in [3.8, 4) is 5.75 Å². The van der Waals surface area contributed by atoms with Gasteiger partial charge in [-0.1, -0.05) is 12.1 Å². The van der Waals surface area contributed by atoms with Gasteiger partial charge in [-0.15, -0.1) is 0 Å². The maximum atomic E-state index is 11.9. The van der Waals surface area contributed by atoms with Gasteiger partial charge in [-0.2, -0.15) is 0 Å². The van der Waals surface area contributed by atoms with Gasteiger partial charge in [-0.05, 0) is 24.3 Å². The molecule has 0 atom stereocenters. The number of carbonyl (C=O) groups is 2. The smallest absolute Gasteiger partial charge is 0.265 e. The zero-order chi connectivity index (χ0) is 14.1. The molecule has 102 valence electrons. The standard InChI is InChI=1S/C14H11NO5/c16-13-8-19-11-4-2-1-3-10(11)15(13)7-9-5-6-12(20-9)14(17)18/h1-6H,7-8H2,(H,17,18)/p-1. The van der Waals surface area contributed by atoms with E-state index < -0.39 is 5.97 Å². The lowest BCUT2D eigenvalue weighted by atomic mass is 10.2. The summed E-state index contributed by atoms with van der Waals surface area (Å²) in [5, 5.41) is 10.7. The van der Waals surface area contributed by atoms with Crippen LogP contribution in [0.4, 0.5) is 5.69 Å². The van der Waals surface area contributed by atoms with Crippen molar-refractivity contribution in [3.05, 3.63) is 47.9 Å². The zero-order valence-corrected chi connectivity index (χ0v) is 10.4. The van der Waals surface area contributed by atoms with E-state index in [0.717, 1.165) is 0 Å². The average molecular weight is 272 g/mol. The molecule has 2 aromatic rings. The lowest BCUT2D eigenvalue weighted by Gasteiger charge is -2.28. The highest BCUT2D eigenvalue weighted by Crippen LogP contribution is 2.32. The monoisotopic (exact) mass is 272 g/mol. The van der Waals surface area contributed by atoms with Crippen LogP contribution in [-0.4, -0.2) is 18.5 Å². The number of hydrogen-bond acceptors (Lipinski definition) is 5. The van der Waals surface area contributed by atoms with E-state index in [1.807, 2.05) is 6.07 Å². The van der Waals surface area contributed by atoms with Crippen LogP contribution in [0.1, 0.15) is 16.3 Å². The summed E-state index contributed by atoms with van der Waals surface area (Å²) in [5.74, 6) is -0.873. The molecule has 0 aliphatic carbocycles. The molecule has 3 rings (SSSR count). The van der Waals surface area contributed by atoms with E-state index in [-0.39, 0.29) is 24.8 Å². The molecule has 0 radical (unpaired) electrons. The molecule has 0 bridgehead atoms. The van der Waals surface area contributed by atoms with Crippen LogP contribution >= 0.6 is 0 Å². The van der Waals surface area contributed by atoms with Crippen molar-refractivity contribution in [2.75, 3.05) is 11.5 Å². The molecule has 6 nitrogen and oxygen atoms in total. The Kier molecular flexibility index (Phi) is 2.90. The molecule has 20 heavy (non-hydrogen) atoms. The Morgan fingerprint density at radius 2 is 2.05 bits per heavy atom. The Morgan fingerprint density at radius 3 is 2.80 bits per heavy atom. The third-order valence-corrected chi connectivity index (χ3v) is 2.99. The van der Waals surface area contributed by atoms with E-state index in [1.54, 1.807) is 18.2 Å². The molecule has 0 saturated carbocycles. The number of carboxylic acids is 1. The van der Waals surface area contributed by atoms with Crippen LogP contribution in [0.5, 0.6) is 5.75 Å². The molecule has 1 amide bonds. The van der Waals surface area contributed by atoms with E-state index in [2.05, 4.69) is 0 Å². The van der Waals surface area contributed by atoms with E-state index in [1.165, 1.54) is 17.0 Å². The van der Waals surface area contributed by atoms with Gasteiger partial charge in [0.25, 0.3) is 5.91 Å². The van der Waals surface area contributed by atoms with E-state index >= 15 is 0 Å². The fourth-order valence-corrected chi connectivity index (χ4v) is 2.06. The van der Waals surface area contributed by atoms with Crippen LogP contribution < -0.4 is 14.7 Å². The first-order valence-electron chi connectivity index (χ1n) is 5.97. The second-order valence-electron chi connectivity index (χ2n) is 4.29. The molecule has 0 N–H and O–H groups in total. The Bertz CT molecular complexity index is 676. The Balaban J connectivity index is 1.89. The molecular formula is C14H10NO5-. The summed E-state index contributed by atoms with van der Waals surface area (Å²) in [5.41, 5.74) is 0.634. The van der Waals surface area contributed by atoms with Crippen molar-refractivity contribution < 1.29 is 23.8 Å². The Morgan fingerprint density at radius 1 is 1.25 bits per heavy atom. The first-order valence-corrected chi connectivity index (χ1v) is 5.97. The number of carboxylic acid groups (broad SMARTS) is 1. The maximum Gasteiger partial charge on any atom is 0.265 e. The predicted molar refractivity (Wildman–Crippen MR) is 66.2 cm³/mol. The average Bonchev–Trinajstić information content (AvgIpc) is 2.91. The van der Waals surface area contributed by atoms with Crippen molar-refractivity contribution in [3.63, 3.8) is 0 Å². The van der Waals surface area contributed by atoms with Gasteiger partial charge in [0.05, 0.1) is 12.2 Å². The first-order chi connectivity index (χ1) is 9.65. The number of nitrogens with zero attached hydrogens (tertiary/aromatic N) is 1. The third kappa shape index (κ3) is 2.11. The third-order valence-electron chi connectivity index (χ3n) is 2.99. The SMILES string of the molecule is O=C([O-])c1ccc(CN2C(=O)COc3ccccc32)o1. The van der Waals surface area contributed by atoms with E-state index in [4.69, 9.17) is 9.15 Å². The van der Waals surface area contributed by atoms with Gasteiger partial charge >= 0.3 is 0 Å². The van der Waals surface area contributed by atoms with Gasteiger partial charge in [0, 0.05) is 0 Å². The van der Waals surface area contributed by atoms with Crippen molar-refractivity contribution in [1.29, 1.82) is 0 Å². The lowest BCUT2D eigenvalue weighted by molar-refractivity contribution is -0.257. The quantitative estimate of drug-likeness (QED) is 0.815. The summed E-state index contributed by atoms with van der Waals surface area (Å²) in [6.45, 7) is 0.0948. The van der Waals surface area contributed by atoms with Crippen molar-refractivity contribution >= 4 is 17.6 Å². The number of para-hydroxylation sites is 2. The van der Waals surface area contributed by atoms with E-state index in [0.29, 0.717) is 17.2 Å². The van der Waals surface area contributed by atoms with Gasteiger partial charge in [0.2, 0.25) is 0 Å². The molecule has 1 aliphatic heterocycles. The van der Waals surface area contributed by atoms with Crippen LogP contribution in [-0.2, 0) is 11.3 Å². The number of carbonyl (C=O) groups excluding carboxylic acids is 2. The number of hydrogen-bond donors (Lipinski definition) is 0. The highest BCUT2D eigenvalue weighted by Gasteiger charge is 2.26. The number of amides is 1. The highest BCUT2D eigenvalue weighted by molar-refractivity contribution is 5.97. The maximum absolute atomic E-state index is 11.9. The lowest BCUT2D eigenvalue weighted by Crippen LogP contribution is -2.38. The molecule has 1 aromatic heterocycles. The van der Waals surface area contributed by atoms with Crippen LogP contribution in [0.3, 0.4) is 0 Å². The van der Waals surface area contributed by atoms with Crippen LogP contribution in [0.2, 0.25) is 0 Å². The molecule has 1 aromatic carbocycles. The Labute approximate surface area is 114 Å². The molecule has 0 fully saturated rings. The number of fused-ring (bicyclic) bond motifs is 1. The van der Waals surface area contributed by atoms with Crippen molar-refractivity contribution in [1.82, 2.24) is 0 Å². The molecule has 1 aliphatic rings. The fourth-order valence-electron chi connectivity index (χ4n) is 2.06. The molecule has 0 saturated heterocycles. The van der Waals surface area contributed by atoms with Gasteiger partial charge in [0.15, 0.2) is 6.61 Å². The van der Waals surface area contributed by atoms with Gasteiger partial charge in [-0.3, -0.25) is 9.69 Å². The van der Waals surface area contributed by atoms with Gasteiger partial charge < -0.3 is 19.1 Å². The number of ether oxygens (including phenoxy) is 1. The molecule has 0 spiro atoms. The number of benzene rings is 1. The number of furan rings is 1. The topological polar surface area (TPSA) is 82.8 Å². The largest absolute Gasteiger partial charge is 0.542 e. The summed E-state index contributed by atoms with van der Waals surface area (Å²) < 4.78 is 10.4. The van der Waals surface area contributed by atoms with E-state index in [9.17, 15) is 14.7 Å². The first kappa shape index (κ1) is 12.3. The molecular weight excluding hydrogens is 262 g/mol. The van der Waals surface area contributed by atoms with Gasteiger partial charge in [0.1, 0.15) is 23.2 Å². The summed E-state index contributed by atoms with van der Waals surface area (Å²) in [6, 6.07) is 9.95. The minimum Gasteiger partial charge on any atom is -0.542 e. The van der Waals surface area contributed by atoms with Gasteiger partial charge in [-0.25, -0.2) is 0 Å². The summed E-state index contributed by atoms with van der Waals surface area (Å²) in [4.78, 5) is 24.1. The van der Waals surface area contributed by atoms with Crippen molar-refractivity contribution in [2.24, 2.45) is 0 Å². The summed E-state index contributed by atoms with van der Waals surface area (Å²) in [7, 11) is 0. The summed E-state index contributed by atoms with van der Waals surface area (Å²) in [6.07, 6.45) is 0. The minimum absolute atomic E-state index is 0.0505. The molecule has 2 heterocycles. The fraction of sp³-hybridized carbons (Fsp3) is 0.143. The van der Waals surface area contributed by atoms with Crippen LogP contribution in [0.15, 0.2) is 40.8 Å². The molecule has 0 unspecified atom stereocenters. The van der Waals surface area contributed by atoms with Crippen LogP contribution in [0.25, 0.3) is 0 Å². The summed E-state index contributed by atoms with van der Waals surface area (Å²) >= 11 is 0. The Hall–Kier alpha value is -2.76. The predicted octanol–water partition coefficient (Wildman–Crippen LogP) is 0.569. The van der Waals surface area contributed by atoms with Crippen molar-refractivity contribution in [2.45, 2.75) is 6.54 Å². The second-order valence-corrected chi connectivity index (χ2v) is 4.29. The molecule has 6 heteroatoms. The number of aromatic carboxylic acids is 1.